The maximum Gasteiger partial charge on any atom is 0.237 e. The standard InChI is InChI=1S/C8H18N2O2/c1-6(2)10-8(11)7(9)4-5-12-3/h6-7H,4-5,9H2,1-3H3,(H,10,11). The molecule has 0 radical (unpaired) electrons. The summed E-state index contributed by atoms with van der Waals surface area (Å²) in [5.41, 5.74) is 5.56. The van der Waals surface area contributed by atoms with Crippen molar-refractivity contribution < 1.29 is 9.53 Å². The molecule has 0 aromatic rings. The maximum absolute atomic E-state index is 11.2. The largest absolute Gasteiger partial charge is 0.385 e. The highest BCUT2D eigenvalue weighted by Crippen LogP contribution is 1.89. The molecular formula is C8H18N2O2. The molecule has 0 heterocycles. The molecule has 0 aromatic carbocycles. The zero-order valence-corrected chi connectivity index (χ0v) is 7.96. The van der Waals surface area contributed by atoms with Crippen molar-refractivity contribution in [2.24, 2.45) is 5.73 Å². The Bertz CT molecular complexity index is 137. The summed E-state index contributed by atoms with van der Waals surface area (Å²) < 4.78 is 4.81. The highest BCUT2D eigenvalue weighted by atomic mass is 16.5. The number of nitrogens with two attached hydrogens (primary N) is 1. The van der Waals surface area contributed by atoms with Crippen molar-refractivity contribution >= 4 is 5.91 Å². The van der Waals surface area contributed by atoms with Crippen molar-refractivity contribution in [2.75, 3.05) is 13.7 Å². The summed E-state index contributed by atoms with van der Waals surface area (Å²) in [5, 5.41) is 2.73. The van der Waals surface area contributed by atoms with Crippen LogP contribution < -0.4 is 11.1 Å². The highest BCUT2D eigenvalue weighted by Gasteiger charge is 2.12. The average molecular weight is 174 g/mol. The lowest BCUT2D eigenvalue weighted by Gasteiger charge is -2.13. The van der Waals surface area contributed by atoms with Gasteiger partial charge in [-0.2, -0.15) is 0 Å². The van der Waals surface area contributed by atoms with Crippen LogP contribution in [0, 0.1) is 0 Å². The van der Waals surface area contributed by atoms with Crippen LogP contribution in [0.15, 0.2) is 0 Å². The summed E-state index contributed by atoms with van der Waals surface area (Å²) in [4.78, 5) is 11.2. The van der Waals surface area contributed by atoms with E-state index in [1.54, 1.807) is 7.11 Å². The number of carbonyl (C=O) groups excluding carboxylic acids is 1. The lowest BCUT2D eigenvalue weighted by Crippen LogP contribution is -2.43. The molecule has 0 saturated carbocycles. The topological polar surface area (TPSA) is 64.3 Å². The first-order valence-corrected chi connectivity index (χ1v) is 4.12. The van der Waals surface area contributed by atoms with Crippen LogP contribution in [0.5, 0.6) is 0 Å². The van der Waals surface area contributed by atoms with Gasteiger partial charge in [0.1, 0.15) is 0 Å². The van der Waals surface area contributed by atoms with E-state index in [1.807, 2.05) is 13.8 Å². The van der Waals surface area contributed by atoms with Gasteiger partial charge in [0.05, 0.1) is 6.04 Å². The van der Waals surface area contributed by atoms with E-state index in [0.29, 0.717) is 13.0 Å². The Balaban J connectivity index is 3.61. The van der Waals surface area contributed by atoms with E-state index < -0.39 is 6.04 Å². The van der Waals surface area contributed by atoms with Crippen LogP contribution in [0.1, 0.15) is 20.3 Å². The fourth-order valence-corrected chi connectivity index (χ4v) is 0.767. The molecule has 0 aliphatic carbocycles. The van der Waals surface area contributed by atoms with Crippen LogP contribution in [0.2, 0.25) is 0 Å². The van der Waals surface area contributed by atoms with Crippen LogP contribution in [0.3, 0.4) is 0 Å². The number of rotatable bonds is 5. The van der Waals surface area contributed by atoms with Crippen molar-refractivity contribution in [3.63, 3.8) is 0 Å². The van der Waals surface area contributed by atoms with E-state index >= 15 is 0 Å². The van der Waals surface area contributed by atoms with Crippen LogP contribution in [-0.4, -0.2) is 31.7 Å². The number of methoxy groups -OCH3 is 1. The van der Waals surface area contributed by atoms with Crippen molar-refractivity contribution in [3.05, 3.63) is 0 Å². The van der Waals surface area contributed by atoms with Crippen molar-refractivity contribution in [1.82, 2.24) is 5.32 Å². The van der Waals surface area contributed by atoms with Crippen molar-refractivity contribution in [1.29, 1.82) is 0 Å². The molecule has 4 heteroatoms. The molecule has 1 amide bonds. The van der Waals surface area contributed by atoms with Crippen molar-refractivity contribution in [3.8, 4) is 0 Å². The van der Waals surface area contributed by atoms with Gasteiger partial charge in [-0.25, -0.2) is 0 Å². The quantitative estimate of drug-likeness (QED) is 0.610. The molecule has 3 N–H and O–H groups in total. The van der Waals surface area contributed by atoms with Gasteiger partial charge in [0.15, 0.2) is 0 Å². The van der Waals surface area contributed by atoms with Gasteiger partial charge in [0.25, 0.3) is 0 Å². The average Bonchev–Trinajstić information content (AvgIpc) is 1.98. The third-order valence-corrected chi connectivity index (χ3v) is 1.40. The number of hydrogen-bond donors (Lipinski definition) is 2. The summed E-state index contributed by atoms with van der Waals surface area (Å²) in [7, 11) is 1.59. The first-order chi connectivity index (χ1) is 5.57. The Kier molecular flexibility index (Phi) is 5.66. The molecular weight excluding hydrogens is 156 g/mol. The van der Waals surface area contributed by atoms with Gasteiger partial charge >= 0.3 is 0 Å². The van der Waals surface area contributed by atoms with Gasteiger partial charge in [-0.3, -0.25) is 4.79 Å². The molecule has 0 aliphatic heterocycles. The lowest BCUT2D eigenvalue weighted by atomic mass is 10.2. The van der Waals surface area contributed by atoms with E-state index in [2.05, 4.69) is 5.32 Å². The molecule has 0 aliphatic rings. The zero-order valence-electron chi connectivity index (χ0n) is 7.96. The van der Waals surface area contributed by atoms with Gasteiger partial charge in [-0.15, -0.1) is 0 Å². The van der Waals surface area contributed by atoms with Crippen LogP contribution in [0.4, 0.5) is 0 Å². The van der Waals surface area contributed by atoms with Gasteiger partial charge in [0, 0.05) is 19.8 Å². The minimum Gasteiger partial charge on any atom is -0.385 e. The van der Waals surface area contributed by atoms with Gasteiger partial charge < -0.3 is 15.8 Å². The summed E-state index contributed by atoms with van der Waals surface area (Å²) in [6.45, 7) is 4.33. The van der Waals surface area contributed by atoms with E-state index in [4.69, 9.17) is 10.5 Å². The molecule has 0 spiro atoms. The molecule has 4 nitrogen and oxygen atoms in total. The predicted molar refractivity (Wildman–Crippen MR) is 47.7 cm³/mol. The fourth-order valence-electron chi connectivity index (χ4n) is 0.767. The van der Waals surface area contributed by atoms with E-state index in [-0.39, 0.29) is 11.9 Å². The minimum absolute atomic E-state index is 0.109. The second-order valence-corrected chi connectivity index (χ2v) is 3.05. The number of nitrogens with one attached hydrogen (secondary N) is 1. The second-order valence-electron chi connectivity index (χ2n) is 3.05. The SMILES string of the molecule is COCCC(N)C(=O)NC(C)C. The van der Waals surface area contributed by atoms with E-state index in [0.717, 1.165) is 0 Å². The van der Waals surface area contributed by atoms with Crippen molar-refractivity contribution in [2.45, 2.75) is 32.4 Å². The number of hydrogen-bond acceptors (Lipinski definition) is 3. The Morgan fingerprint density at radius 3 is 2.58 bits per heavy atom. The molecule has 0 fully saturated rings. The highest BCUT2D eigenvalue weighted by molar-refractivity contribution is 5.81. The molecule has 1 atom stereocenters. The Hall–Kier alpha value is -0.610. The van der Waals surface area contributed by atoms with Crippen LogP contribution in [-0.2, 0) is 9.53 Å². The summed E-state index contributed by atoms with van der Waals surface area (Å²) in [5.74, 6) is -0.109. The Labute approximate surface area is 73.5 Å². The second kappa shape index (κ2) is 5.97. The fraction of sp³-hybridized carbons (Fsp3) is 0.875. The molecule has 1 unspecified atom stereocenters. The molecule has 0 aromatic heterocycles. The van der Waals surface area contributed by atoms with Gasteiger partial charge in [-0.1, -0.05) is 0 Å². The first-order valence-electron chi connectivity index (χ1n) is 4.12. The van der Waals surface area contributed by atoms with Crippen LogP contribution in [0.25, 0.3) is 0 Å². The smallest absolute Gasteiger partial charge is 0.237 e. The minimum atomic E-state index is -0.452. The number of carbonyl (C=O) groups is 1. The molecule has 0 saturated heterocycles. The zero-order chi connectivity index (χ0) is 9.56. The van der Waals surface area contributed by atoms with E-state index in [1.165, 1.54) is 0 Å². The van der Waals surface area contributed by atoms with E-state index in [9.17, 15) is 4.79 Å². The monoisotopic (exact) mass is 174 g/mol. The summed E-state index contributed by atoms with van der Waals surface area (Å²) in [6, 6.07) is -0.307. The first kappa shape index (κ1) is 11.4. The summed E-state index contributed by atoms with van der Waals surface area (Å²) in [6.07, 6.45) is 0.565. The summed E-state index contributed by atoms with van der Waals surface area (Å²) >= 11 is 0. The molecule has 72 valence electrons. The lowest BCUT2D eigenvalue weighted by molar-refractivity contribution is -0.123. The predicted octanol–water partition coefficient (Wildman–Crippen LogP) is -0.125. The third kappa shape index (κ3) is 5.09. The third-order valence-electron chi connectivity index (χ3n) is 1.40. The Morgan fingerprint density at radius 2 is 2.17 bits per heavy atom. The molecule has 0 rings (SSSR count). The maximum atomic E-state index is 11.2. The van der Waals surface area contributed by atoms with Gasteiger partial charge in [0.2, 0.25) is 5.91 Å². The molecule has 12 heavy (non-hydrogen) atoms. The number of ether oxygens (including phenoxy) is 1. The normalized spacial score (nSPS) is 13.1. The Morgan fingerprint density at radius 1 is 1.58 bits per heavy atom. The molecule has 0 bridgehead atoms. The van der Waals surface area contributed by atoms with Crippen LogP contribution >= 0.6 is 0 Å². The number of amides is 1. The van der Waals surface area contributed by atoms with Gasteiger partial charge in [-0.05, 0) is 20.3 Å².